The Bertz CT molecular complexity index is 1030. The summed E-state index contributed by atoms with van der Waals surface area (Å²) >= 11 is 0. The Balaban J connectivity index is 2.07. The van der Waals surface area contributed by atoms with Crippen LogP contribution in [0.4, 0.5) is 0 Å². The van der Waals surface area contributed by atoms with Gasteiger partial charge in [-0.05, 0) is 35.4 Å². The van der Waals surface area contributed by atoms with E-state index in [1.807, 2.05) is 12.1 Å². The quantitative estimate of drug-likeness (QED) is 0.620. The summed E-state index contributed by atoms with van der Waals surface area (Å²) < 4.78 is 27.7. The SMILES string of the molecule is CCCCC(CC)Cc1cc2c3c(cccc3c1)C(=O)N(OS(C)(=O)=O)C2=O. The van der Waals surface area contributed by atoms with Gasteiger partial charge in [-0.1, -0.05) is 57.7 Å². The third kappa shape index (κ3) is 4.10. The van der Waals surface area contributed by atoms with E-state index in [0.717, 1.165) is 49.3 Å². The molecule has 7 heteroatoms. The normalized spacial score (nSPS) is 15.3. The lowest BCUT2D eigenvalue weighted by Gasteiger charge is -2.25. The fraction of sp³-hybridized carbons (Fsp3) is 0.429. The molecular weight excluding hydrogens is 378 g/mol. The maximum atomic E-state index is 12.9. The summed E-state index contributed by atoms with van der Waals surface area (Å²) in [6.07, 6.45) is 6.10. The minimum absolute atomic E-state index is 0.264. The number of imide groups is 1. The zero-order valence-corrected chi connectivity index (χ0v) is 17.2. The van der Waals surface area contributed by atoms with Gasteiger partial charge in [0.2, 0.25) is 0 Å². The Hall–Kier alpha value is -2.25. The van der Waals surface area contributed by atoms with Crippen molar-refractivity contribution < 1.29 is 22.3 Å². The second kappa shape index (κ2) is 8.01. The lowest BCUT2D eigenvalue weighted by atomic mass is 9.87. The molecule has 150 valence electrons. The minimum Gasteiger partial charge on any atom is -0.266 e. The topological polar surface area (TPSA) is 80.8 Å². The third-order valence-electron chi connectivity index (χ3n) is 5.14. The Labute approximate surface area is 165 Å². The fourth-order valence-corrected chi connectivity index (χ4v) is 4.15. The fourth-order valence-electron chi connectivity index (χ4n) is 3.75. The molecule has 1 aliphatic rings. The summed E-state index contributed by atoms with van der Waals surface area (Å²) in [6, 6.07) is 8.96. The van der Waals surface area contributed by atoms with Crippen molar-refractivity contribution in [1.82, 2.24) is 5.06 Å². The first-order chi connectivity index (χ1) is 13.2. The molecule has 1 unspecified atom stereocenters. The van der Waals surface area contributed by atoms with Gasteiger partial charge in [-0.15, -0.1) is 9.35 Å². The van der Waals surface area contributed by atoms with Gasteiger partial charge < -0.3 is 0 Å². The highest BCUT2D eigenvalue weighted by Gasteiger charge is 2.36. The predicted octanol–water partition coefficient (Wildman–Crippen LogP) is 4.09. The molecule has 2 aromatic carbocycles. The first kappa shape index (κ1) is 20.5. The second-order valence-electron chi connectivity index (χ2n) is 7.35. The van der Waals surface area contributed by atoms with E-state index in [-0.39, 0.29) is 5.56 Å². The van der Waals surface area contributed by atoms with Gasteiger partial charge in [0.25, 0.3) is 21.9 Å². The molecule has 1 heterocycles. The Kier molecular flexibility index (Phi) is 5.86. The van der Waals surface area contributed by atoms with Crippen LogP contribution in [0.2, 0.25) is 0 Å². The third-order valence-corrected chi connectivity index (χ3v) is 5.56. The first-order valence-corrected chi connectivity index (χ1v) is 11.4. The van der Waals surface area contributed by atoms with Crippen LogP contribution in [0.1, 0.15) is 65.8 Å². The molecule has 0 aliphatic carbocycles. The van der Waals surface area contributed by atoms with E-state index < -0.39 is 21.9 Å². The maximum absolute atomic E-state index is 12.9. The molecule has 0 radical (unpaired) electrons. The number of nitrogens with zero attached hydrogens (tertiary/aromatic N) is 1. The maximum Gasteiger partial charge on any atom is 0.286 e. The van der Waals surface area contributed by atoms with Crippen LogP contribution in [0.25, 0.3) is 10.8 Å². The van der Waals surface area contributed by atoms with E-state index in [9.17, 15) is 18.0 Å². The molecule has 1 atom stereocenters. The summed E-state index contributed by atoms with van der Waals surface area (Å²) in [5, 5.41) is 1.71. The smallest absolute Gasteiger partial charge is 0.266 e. The van der Waals surface area contributed by atoms with E-state index in [2.05, 4.69) is 13.8 Å². The van der Waals surface area contributed by atoms with Crippen LogP contribution >= 0.6 is 0 Å². The van der Waals surface area contributed by atoms with Gasteiger partial charge in [0.15, 0.2) is 0 Å². The molecule has 0 saturated heterocycles. The molecule has 6 nitrogen and oxygen atoms in total. The van der Waals surface area contributed by atoms with Gasteiger partial charge in [-0.3, -0.25) is 9.59 Å². The molecule has 0 bridgehead atoms. The van der Waals surface area contributed by atoms with E-state index in [1.165, 1.54) is 0 Å². The number of hydrogen-bond donors (Lipinski definition) is 0. The summed E-state index contributed by atoms with van der Waals surface area (Å²) in [5.41, 5.74) is 1.57. The molecular formula is C21H25NO5S. The standard InChI is InChI=1S/C21H25NO5S/c1-4-6-8-14(5-2)11-15-12-16-9-7-10-17-19(16)18(13-15)21(24)22(20(17)23)27-28(3,25)26/h7,9-10,12-14H,4-6,8,11H2,1-3H3. The molecule has 0 spiro atoms. The molecule has 0 aromatic heterocycles. The van der Waals surface area contributed by atoms with Gasteiger partial charge in [0.1, 0.15) is 0 Å². The summed E-state index contributed by atoms with van der Waals surface area (Å²) in [7, 11) is -4.02. The molecule has 3 rings (SSSR count). The first-order valence-electron chi connectivity index (χ1n) is 9.59. The number of carbonyl (C=O) groups excluding carboxylic acids is 2. The predicted molar refractivity (Wildman–Crippen MR) is 107 cm³/mol. The van der Waals surface area contributed by atoms with Crippen molar-refractivity contribution in [2.24, 2.45) is 5.92 Å². The van der Waals surface area contributed by atoms with Crippen molar-refractivity contribution in [2.75, 3.05) is 6.26 Å². The largest absolute Gasteiger partial charge is 0.286 e. The summed E-state index contributed by atoms with van der Waals surface area (Å²) in [4.78, 5) is 25.5. The average Bonchev–Trinajstić information content (AvgIpc) is 2.65. The highest BCUT2D eigenvalue weighted by Crippen LogP contribution is 2.33. The van der Waals surface area contributed by atoms with Crippen molar-refractivity contribution in [3.8, 4) is 0 Å². The monoisotopic (exact) mass is 403 g/mol. The number of benzene rings is 2. The average molecular weight is 404 g/mol. The van der Waals surface area contributed by atoms with Crippen LogP contribution in [0.3, 0.4) is 0 Å². The van der Waals surface area contributed by atoms with Crippen molar-refractivity contribution in [3.63, 3.8) is 0 Å². The van der Waals surface area contributed by atoms with Crippen LogP contribution in [0, 0.1) is 5.92 Å². The molecule has 0 N–H and O–H groups in total. The van der Waals surface area contributed by atoms with E-state index >= 15 is 0 Å². The molecule has 1 aliphatic heterocycles. The highest BCUT2D eigenvalue weighted by molar-refractivity contribution is 7.85. The van der Waals surface area contributed by atoms with Gasteiger partial charge in [0.05, 0.1) is 17.4 Å². The van der Waals surface area contributed by atoms with Crippen LogP contribution in [0.5, 0.6) is 0 Å². The number of carbonyl (C=O) groups is 2. The number of unbranched alkanes of at least 4 members (excludes halogenated alkanes) is 1. The zero-order valence-electron chi connectivity index (χ0n) is 16.4. The number of rotatable bonds is 8. The summed E-state index contributed by atoms with van der Waals surface area (Å²) in [6.45, 7) is 4.33. The lowest BCUT2D eigenvalue weighted by Crippen LogP contribution is -2.41. The van der Waals surface area contributed by atoms with Crippen LogP contribution in [-0.4, -0.2) is 31.6 Å². The molecule has 0 fully saturated rings. The Morgan fingerprint density at radius 2 is 1.79 bits per heavy atom. The molecule has 0 saturated carbocycles. The number of hydrogen-bond acceptors (Lipinski definition) is 5. The second-order valence-corrected chi connectivity index (χ2v) is 8.91. The van der Waals surface area contributed by atoms with Gasteiger partial charge in [0, 0.05) is 5.39 Å². The zero-order chi connectivity index (χ0) is 20.5. The summed E-state index contributed by atoms with van der Waals surface area (Å²) in [5.74, 6) is -1.00. The molecule has 2 aromatic rings. The minimum atomic E-state index is -4.02. The lowest BCUT2D eigenvalue weighted by molar-refractivity contribution is -0.0149. The highest BCUT2D eigenvalue weighted by atomic mass is 32.2. The van der Waals surface area contributed by atoms with E-state index in [4.69, 9.17) is 4.28 Å². The Morgan fingerprint density at radius 1 is 1.07 bits per heavy atom. The van der Waals surface area contributed by atoms with Crippen molar-refractivity contribution in [1.29, 1.82) is 0 Å². The van der Waals surface area contributed by atoms with Crippen molar-refractivity contribution >= 4 is 32.7 Å². The van der Waals surface area contributed by atoms with Gasteiger partial charge in [-0.25, -0.2) is 0 Å². The van der Waals surface area contributed by atoms with Crippen molar-refractivity contribution in [3.05, 3.63) is 47.0 Å². The molecule has 2 amide bonds. The van der Waals surface area contributed by atoms with E-state index in [1.54, 1.807) is 18.2 Å². The van der Waals surface area contributed by atoms with Crippen LogP contribution in [-0.2, 0) is 20.8 Å². The Morgan fingerprint density at radius 3 is 2.43 bits per heavy atom. The van der Waals surface area contributed by atoms with Gasteiger partial charge >= 0.3 is 0 Å². The number of hydroxylamine groups is 2. The van der Waals surface area contributed by atoms with E-state index in [0.29, 0.717) is 21.9 Å². The molecule has 28 heavy (non-hydrogen) atoms. The van der Waals surface area contributed by atoms with Crippen LogP contribution < -0.4 is 0 Å². The number of amides is 2. The van der Waals surface area contributed by atoms with Gasteiger partial charge in [-0.2, -0.15) is 8.42 Å². The van der Waals surface area contributed by atoms with Crippen LogP contribution in [0.15, 0.2) is 30.3 Å². The van der Waals surface area contributed by atoms with Crippen molar-refractivity contribution in [2.45, 2.75) is 46.0 Å².